The minimum atomic E-state index is -1.55. The van der Waals surface area contributed by atoms with Crippen LogP contribution in [0.25, 0.3) is 11.3 Å². The Balaban J connectivity index is 2.30. The smallest absolute Gasteiger partial charge is 0.356 e. The monoisotopic (exact) mass is 298 g/mol. The summed E-state index contributed by atoms with van der Waals surface area (Å²) >= 11 is 0. The van der Waals surface area contributed by atoms with Crippen molar-refractivity contribution in [2.75, 3.05) is 0 Å². The minimum Gasteiger partial charge on any atom is -0.455 e. The van der Waals surface area contributed by atoms with Gasteiger partial charge in [-0.2, -0.15) is 5.10 Å². The van der Waals surface area contributed by atoms with Gasteiger partial charge >= 0.3 is 5.97 Å². The van der Waals surface area contributed by atoms with Crippen molar-refractivity contribution in [2.45, 2.75) is 26.4 Å². The number of nitrogens with zero attached hydrogens (tertiary/aromatic N) is 1. The zero-order chi connectivity index (χ0) is 15.8. The molecule has 0 bridgehead atoms. The maximum atomic E-state index is 13.2. The Bertz CT molecular complexity index is 667. The predicted octanol–water partition coefficient (Wildman–Crippen LogP) is 3.45. The molecule has 0 aliphatic rings. The summed E-state index contributed by atoms with van der Waals surface area (Å²) in [5.41, 5.74) is -0.535. The molecule has 0 spiro atoms. The van der Waals surface area contributed by atoms with Gasteiger partial charge in [-0.15, -0.1) is 0 Å². The molecule has 0 aliphatic heterocycles. The summed E-state index contributed by atoms with van der Waals surface area (Å²) in [5.74, 6) is -4.86. The first-order chi connectivity index (χ1) is 9.67. The lowest BCUT2D eigenvalue weighted by Gasteiger charge is -2.18. The van der Waals surface area contributed by atoms with Crippen LogP contribution in [-0.2, 0) is 4.74 Å². The number of rotatable bonds is 2. The van der Waals surface area contributed by atoms with Gasteiger partial charge in [-0.05, 0) is 39.0 Å². The molecule has 0 unspecified atom stereocenters. The van der Waals surface area contributed by atoms with Gasteiger partial charge in [-0.3, -0.25) is 5.10 Å². The van der Waals surface area contributed by atoms with E-state index in [1.54, 1.807) is 20.8 Å². The fraction of sp³-hybridized carbons (Fsp3) is 0.286. The third-order valence-electron chi connectivity index (χ3n) is 2.48. The molecule has 21 heavy (non-hydrogen) atoms. The molecular weight excluding hydrogens is 285 g/mol. The normalized spacial score (nSPS) is 11.5. The Morgan fingerprint density at radius 3 is 2.24 bits per heavy atom. The van der Waals surface area contributed by atoms with Crippen LogP contribution in [0.1, 0.15) is 31.3 Å². The van der Waals surface area contributed by atoms with Crippen LogP contribution in [0, 0.1) is 17.5 Å². The first kappa shape index (κ1) is 15.1. The summed E-state index contributed by atoms with van der Waals surface area (Å²) in [6, 6.07) is 2.88. The third kappa shape index (κ3) is 3.42. The van der Waals surface area contributed by atoms with Gasteiger partial charge in [-0.25, -0.2) is 18.0 Å². The summed E-state index contributed by atoms with van der Waals surface area (Å²) in [6.45, 7) is 5.10. The van der Waals surface area contributed by atoms with E-state index in [-0.39, 0.29) is 17.0 Å². The molecule has 1 aromatic carbocycles. The molecule has 0 aliphatic carbocycles. The van der Waals surface area contributed by atoms with E-state index < -0.39 is 29.0 Å². The van der Waals surface area contributed by atoms with Crippen LogP contribution in [-0.4, -0.2) is 21.8 Å². The SMILES string of the molecule is CC(C)(C)OC(=O)c1cc(-c2cc(F)c(F)c(F)c2)n[nH]1. The van der Waals surface area contributed by atoms with Gasteiger partial charge in [0.1, 0.15) is 11.3 Å². The lowest BCUT2D eigenvalue weighted by Crippen LogP contribution is -2.24. The lowest BCUT2D eigenvalue weighted by molar-refractivity contribution is 0.00628. The quantitative estimate of drug-likeness (QED) is 0.682. The Morgan fingerprint density at radius 1 is 1.14 bits per heavy atom. The number of carbonyl (C=O) groups excluding carboxylic acids is 1. The Morgan fingerprint density at radius 2 is 1.71 bits per heavy atom. The lowest BCUT2D eigenvalue weighted by atomic mass is 10.1. The van der Waals surface area contributed by atoms with Crippen LogP contribution in [0.4, 0.5) is 13.2 Å². The van der Waals surface area contributed by atoms with E-state index in [1.165, 1.54) is 6.07 Å². The minimum absolute atomic E-state index is 0.0115. The molecule has 1 heterocycles. The van der Waals surface area contributed by atoms with E-state index in [1.807, 2.05) is 0 Å². The number of H-pyrrole nitrogens is 1. The number of aromatic amines is 1. The number of benzene rings is 1. The molecule has 0 saturated heterocycles. The second-order valence-corrected chi connectivity index (χ2v) is 5.42. The van der Waals surface area contributed by atoms with Gasteiger partial charge in [0.05, 0.1) is 5.69 Å². The molecule has 7 heteroatoms. The molecule has 1 N–H and O–H groups in total. The highest BCUT2D eigenvalue weighted by molar-refractivity contribution is 5.88. The molecule has 112 valence electrons. The van der Waals surface area contributed by atoms with E-state index >= 15 is 0 Å². The summed E-state index contributed by atoms with van der Waals surface area (Å²) < 4.78 is 44.4. The zero-order valence-electron chi connectivity index (χ0n) is 11.6. The molecule has 0 fully saturated rings. The molecule has 4 nitrogen and oxygen atoms in total. The van der Waals surface area contributed by atoms with Crippen molar-refractivity contribution in [3.63, 3.8) is 0 Å². The van der Waals surface area contributed by atoms with E-state index in [2.05, 4.69) is 10.2 Å². The van der Waals surface area contributed by atoms with Crippen LogP contribution < -0.4 is 0 Å². The number of esters is 1. The van der Waals surface area contributed by atoms with Crippen molar-refractivity contribution in [2.24, 2.45) is 0 Å². The number of halogens is 3. The van der Waals surface area contributed by atoms with E-state index in [4.69, 9.17) is 4.74 Å². The molecule has 0 amide bonds. The summed E-state index contributed by atoms with van der Waals surface area (Å²) in [6.07, 6.45) is 0. The maximum Gasteiger partial charge on any atom is 0.356 e. The summed E-state index contributed by atoms with van der Waals surface area (Å²) in [5, 5.41) is 6.18. The van der Waals surface area contributed by atoms with E-state index in [0.29, 0.717) is 0 Å². The first-order valence-electron chi connectivity index (χ1n) is 6.11. The second kappa shape index (κ2) is 5.23. The molecule has 0 atom stereocenters. The molecule has 2 aromatic rings. The third-order valence-corrected chi connectivity index (χ3v) is 2.48. The first-order valence-corrected chi connectivity index (χ1v) is 6.11. The van der Waals surface area contributed by atoms with Crippen molar-refractivity contribution in [3.05, 3.63) is 41.3 Å². The largest absolute Gasteiger partial charge is 0.455 e. The fourth-order valence-electron chi connectivity index (χ4n) is 1.61. The molecule has 0 saturated carbocycles. The van der Waals surface area contributed by atoms with E-state index in [9.17, 15) is 18.0 Å². The van der Waals surface area contributed by atoms with Gasteiger partial charge in [0, 0.05) is 5.56 Å². The predicted molar refractivity (Wildman–Crippen MR) is 69.1 cm³/mol. The molecule has 2 rings (SSSR count). The number of ether oxygens (including phenoxy) is 1. The molecular formula is C14H13F3N2O2. The highest BCUT2D eigenvalue weighted by atomic mass is 19.2. The number of hydrogen-bond donors (Lipinski definition) is 1. The van der Waals surface area contributed by atoms with Gasteiger partial charge in [-0.1, -0.05) is 0 Å². The van der Waals surface area contributed by atoms with Crippen LogP contribution in [0.3, 0.4) is 0 Å². The average Bonchev–Trinajstić information content (AvgIpc) is 2.82. The van der Waals surface area contributed by atoms with Gasteiger partial charge in [0.2, 0.25) is 0 Å². The Kier molecular flexibility index (Phi) is 3.76. The zero-order valence-corrected chi connectivity index (χ0v) is 11.6. The number of nitrogens with one attached hydrogen (secondary N) is 1. The van der Waals surface area contributed by atoms with Crippen LogP contribution >= 0.6 is 0 Å². The summed E-state index contributed by atoms with van der Waals surface area (Å²) in [4.78, 5) is 11.8. The van der Waals surface area contributed by atoms with Crippen LogP contribution in [0.2, 0.25) is 0 Å². The van der Waals surface area contributed by atoms with Crippen molar-refractivity contribution in [1.82, 2.24) is 10.2 Å². The average molecular weight is 298 g/mol. The highest BCUT2D eigenvalue weighted by Gasteiger charge is 2.20. The molecule has 0 radical (unpaired) electrons. The standard InChI is InChI=1S/C14H13F3N2O2/c1-14(2,3)21-13(20)11-6-10(18-19-11)7-4-8(15)12(17)9(16)5-7/h4-6H,1-3H3,(H,18,19). The number of hydrogen-bond acceptors (Lipinski definition) is 3. The van der Waals surface area contributed by atoms with Crippen molar-refractivity contribution in [3.8, 4) is 11.3 Å². The van der Waals surface area contributed by atoms with Crippen molar-refractivity contribution < 1.29 is 22.7 Å². The summed E-state index contributed by atoms with van der Waals surface area (Å²) in [7, 11) is 0. The Hall–Kier alpha value is -2.31. The second-order valence-electron chi connectivity index (χ2n) is 5.42. The molecule has 1 aromatic heterocycles. The number of aromatic nitrogens is 2. The van der Waals surface area contributed by atoms with Gasteiger partial charge in [0.25, 0.3) is 0 Å². The van der Waals surface area contributed by atoms with Crippen LogP contribution in [0.5, 0.6) is 0 Å². The maximum absolute atomic E-state index is 13.2. The van der Waals surface area contributed by atoms with Crippen LogP contribution in [0.15, 0.2) is 18.2 Å². The van der Waals surface area contributed by atoms with Crippen molar-refractivity contribution in [1.29, 1.82) is 0 Å². The topological polar surface area (TPSA) is 55.0 Å². The fourth-order valence-corrected chi connectivity index (χ4v) is 1.61. The van der Waals surface area contributed by atoms with Crippen molar-refractivity contribution >= 4 is 5.97 Å². The number of carbonyl (C=O) groups is 1. The Labute approximate surface area is 118 Å². The van der Waals surface area contributed by atoms with E-state index in [0.717, 1.165) is 12.1 Å². The highest BCUT2D eigenvalue weighted by Crippen LogP contribution is 2.23. The van der Waals surface area contributed by atoms with Gasteiger partial charge in [0.15, 0.2) is 17.5 Å². The van der Waals surface area contributed by atoms with Gasteiger partial charge < -0.3 is 4.74 Å².